The van der Waals surface area contributed by atoms with E-state index in [1.54, 1.807) is 13.8 Å². The number of aliphatic carboxylic acids is 1. The van der Waals surface area contributed by atoms with E-state index < -0.39 is 16.8 Å². The zero-order valence-corrected chi connectivity index (χ0v) is 13.6. The summed E-state index contributed by atoms with van der Waals surface area (Å²) in [6.45, 7) is 3.78. The van der Waals surface area contributed by atoms with Gasteiger partial charge in [-0.3, -0.25) is 9.59 Å². The van der Waals surface area contributed by atoms with Crippen LogP contribution in [-0.2, 0) is 14.4 Å². The molecule has 0 aliphatic carbocycles. The molecule has 1 aliphatic heterocycles. The Labute approximate surface area is 132 Å². The smallest absolute Gasteiger partial charge is 0.549 e. The van der Waals surface area contributed by atoms with Crippen LogP contribution in [0.2, 0.25) is 0 Å². The van der Waals surface area contributed by atoms with Gasteiger partial charge in [0.05, 0.1) is 10.7 Å². The Balaban J connectivity index is 0.00000289. The molecule has 0 saturated carbocycles. The Morgan fingerprint density at radius 3 is 2.61 bits per heavy atom. The van der Waals surface area contributed by atoms with Crippen LogP contribution in [0, 0.1) is 0 Å². The molecule has 0 unspecified atom stereocenters. The topological polar surface area (TPSA) is 98.3 Å². The fraction of sp³-hybridized carbons (Fsp3) is 0.700. The van der Waals surface area contributed by atoms with E-state index >= 15 is 0 Å². The van der Waals surface area contributed by atoms with Gasteiger partial charge in [0.1, 0.15) is 6.04 Å². The Hall–Kier alpha value is -0.240. The van der Waals surface area contributed by atoms with Gasteiger partial charge in [-0.2, -0.15) is 0 Å². The molecule has 18 heavy (non-hydrogen) atoms. The standard InChI is InChI=1S/C10H16N2O4S.Na/c1-10(2,17-5-7(13)14)9(16)12-6-3-4-11-8(6)15;/h6H,3-5H2,1-2H3,(H,11,15)(H,12,16)(H,13,14);/q;+1/p-1/t6-;/m0./s1. The molecule has 2 amide bonds. The van der Waals surface area contributed by atoms with E-state index in [2.05, 4.69) is 10.6 Å². The van der Waals surface area contributed by atoms with Gasteiger partial charge in [0.25, 0.3) is 0 Å². The van der Waals surface area contributed by atoms with E-state index in [-0.39, 0.29) is 47.1 Å². The first kappa shape index (κ1) is 17.8. The van der Waals surface area contributed by atoms with Crippen molar-refractivity contribution in [3.63, 3.8) is 0 Å². The summed E-state index contributed by atoms with van der Waals surface area (Å²) < 4.78 is -0.900. The SMILES string of the molecule is CC(C)(SCC(=O)[O-])C(=O)N[C@H]1CCNC1=O.[Na+]. The number of thioether (sulfide) groups is 1. The van der Waals surface area contributed by atoms with Gasteiger partial charge in [-0.1, -0.05) is 0 Å². The van der Waals surface area contributed by atoms with Gasteiger partial charge in [-0.25, -0.2) is 0 Å². The Bertz CT molecular complexity index is 349. The number of nitrogens with one attached hydrogen (secondary N) is 2. The monoisotopic (exact) mass is 282 g/mol. The summed E-state index contributed by atoms with van der Waals surface area (Å²) in [7, 11) is 0. The predicted molar refractivity (Wildman–Crippen MR) is 61.1 cm³/mol. The number of hydrogen-bond acceptors (Lipinski definition) is 5. The van der Waals surface area contributed by atoms with Crippen molar-refractivity contribution in [3.05, 3.63) is 0 Å². The van der Waals surface area contributed by atoms with Crippen LogP contribution in [0.5, 0.6) is 0 Å². The summed E-state index contributed by atoms with van der Waals surface area (Å²) in [4.78, 5) is 33.5. The van der Waals surface area contributed by atoms with Crippen molar-refractivity contribution in [1.82, 2.24) is 10.6 Å². The minimum atomic E-state index is -1.21. The first-order valence-electron chi connectivity index (χ1n) is 5.25. The fourth-order valence-corrected chi connectivity index (χ4v) is 2.04. The second kappa shape index (κ2) is 7.37. The summed E-state index contributed by atoms with van der Waals surface area (Å²) in [5.41, 5.74) is 0. The fourth-order valence-electron chi connectivity index (χ4n) is 1.37. The molecule has 1 rings (SSSR count). The van der Waals surface area contributed by atoms with Gasteiger partial charge in [0, 0.05) is 12.3 Å². The first-order valence-corrected chi connectivity index (χ1v) is 6.24. The zero-order chi connectivity index (χ0) is 13.1. The minimum absolute atomic E-state index is 0. The number of rotatable bonds is 5. The largest absolute Gasteiger partial charge is 1.00 e. The van der Waals surface area contributed by atoms with Gasteiger partial charge >= 0.3 is 29.6 Å². The van der Waals surface area contributed by atoms with Crippen LogP contribution in [0.4, 0.5) is 0 Å². The maximum atomic E-state index is 11.9. The Kier molecular flexibility index (Phi) is 7.28. The molecular formula is C10H15N2NaO4S. The molecule has 1 aliphatic rings. The van der Waals surface area contributed by atoms with Crippen LogP contribution in [0.15, 0.2) is 0 Å². The van der Waals surface area contributed by atoms with Crippen molar-refractivity contribution in [2.45, 2.75) is 31.1 Å². The van der Waals surface area contributed by atoms with Crippen molar-refractivity contribution in [3.8, 4) is 0 Å². The van der Waals surface area contributed by atoms with Crippen molar-refractivity contribution in [1.29, 1.82) is 0 Å². The van der Waals surface area contributed by atoms with Gasteiger partial charge < -0.3 is 20.5 Å². The van der Waals surface area contributed by atoms with Crippen LogP contribution in [-0.4, -0.2) is 40.9 Å². The van der Waals surface area contributed by atoms with Gasteiger partial charge in [-0.15, -0.1) is 11.8 Å². The first-order chi connectivity index (χ1) is 7.83. The molecule has 0 bridgehead atoms. The normalized spacial score (nSPS) is 18.8. The predicted octanol–water partition coefficient (Wildman–Crippen LogP) is -4.74. The van der Waals surface area contributed by atoms with E-state index in [0.29, 0.717) is 13.0 Å². The third kappa shape index (κ3) is 5.17. The minimum Gasteiger partial charge on any atom is -0.549 e. The Morgan fingerprint density at radius 1 is 1.56 bits per heavy atom. The van der Waals surface area contributed by atoms with Crippen molar-refractivity contribution >= 4 is 29.5 Å². The van der Waals surface area contributed by atoms with Crippen molar-refractivity contribution in [2.75, 3.05) is 12.3 Å². The van der Waals surface area contributed by atoms with Crippen LogP contribution in [0.3, 0.4) is 0 Å². The number of carboxylic acid groups (broad SMARTS) is 1. The van der Waals surface area contributed by atoms with Crippen molar-refractivity contribution in [2.24, 2.45) is 0 Å². The second-order valence-corrected chi connectivity index (χ2v) is 5.87. The van der Waals surface area contributed by atoms with Gasteiger partial charge in [0.2, 0.25) is 11.8 Å². The maximum Gasteiger partial charge on any atom is 1.00 e. The van der Waals surface area contributed by atoms with Crippen LogP contribution in [0.25, 0.3) is 0 Å². The average molecular weight is 282 g/mol. The van der Waals surface area contributed by atoms with E-state index in [1.165, 1.54) is 0 Å². The van der Waals surface area contributed by atoms with E-state index in [9.17, 15) is 19.5 Å². The van der Waals surface area contributed by atoms with E-state index in [1.807, 2.05) is 0 Å². The summed E-state index contributed by atoms with van der Waals surface area (Å²) in [5, 5.41) is 15.6. The molecule has 1 saturated heterocycles. The van der Waals surface area contributed by atoms with Crippen molar-refractivity contribution < 1.29 is 49.0 Å². The van der Waals surface area contributed by atoms with E-state index in [4.69, 9.17) is 0 Å². The Morgan fingerprint density at radius 2 is 2.17 bits per heavy atom. The number of carbonyl (C=O) groups excluding carboxylic acids is 3. The molecular weight excluding hydrogens is 267 g/mol. The molecule has 1 heterocycles. The molecule has 96 valence electrons. The van der Waals surface area contributed by atoms with Crippen LogP contribution in [0.1, 0.15) is 20.3 Å². The number of carboxylic acids is 1. The average Bonchev–Trinajstić information content (AvgIpc) is 2.62. The molecule has 6 nitrogen and oxygen atoms in total. The molecule has 2 N–H and O–H groups in total. The third-order valence-corrected chi connectivity index (χ3v) is 3.74. The zero-order valence-electron chi connectivity index (χ0n) is 10.7. The number of hydrogen-bond donors (Lipinski definition) is 2. The molecule has 0 radical (unpaired) electrons. The molecule has 0 spiro atoms. The third-order valence-electron chi connectivity index (χ3n) is 2.45. The molecule has 0 aromatic carbocycles. The maximum absolute atomic E-state index is 11.9. The molecule has 8 heteroatoms. The summed E-state index contributed by atoms with van der Waals surface area (Å²) >= 11 is 0.974. The summed E-state index contributed by atoms with van der Waals surface area (Å²) in [5.74, 6) is -2.00. The van der Waals surface area contributed by atoms with Crippen LogP contribution >= 0.6 is 11.8 Å². The summed E-state index contributed by atoms with van der Waals surface area (Å²) in [6, 6.07) is -0.509. The molecule has 1 atom stereocenters. The van der Waals surface area contributed by atoms with Gasteiger partial charge in [0.15, 0.2) is 0 Å². The molecule has 1 fully saturated rings. The molecule has 0 aromatic rings. The molecule has 0 aromatic heterocycles. The number of amides is 2. The van der Waals surface area contributed by atoms with Gasteiger partial charge in [-0.05, 0) is 20.3 Å². The van der Waals surface area contributed by atoms with Crippen LogP contribution < -0.4 is 45.3 Å². The summed E-state index contributed by atoms with van der Waals surface area (Å²) in [6.07, 6.45) is 0.561. The quantitative estimate of drug-likeness (QED) is 0.494. The number of carbonyl (C=O) groups is 3. The second-order valence-electron chi connectivity index (χ2n) is 4.28. The van der Waals surface area contributed by atoms with E-state index in [0.717, 1.165) is 11.8 Å².